The average Bonchev–Trinajstić information content (AvgIpc) is 3.15. The molecule has 2 heterocycles. The fraction of sp³-hybridized carbons (Fsp3) is 0.667. The normalized spacial score (nSPS) is 15.5. The van der Waals surface area contributed by atoms with Crippen LogP contribution in [0.2, 0.25) is 0 Å². The quantitative estimate of drug-likeness (QED) is 0.296. The molecule has 2 rings (SSSR count). The maximum absolute atomic E-state index is 13.8. The molecular formula is C21H35N6O7P. The van der Waals surface area contributed by atoms with Gasteiger partial charge in [0.25, 0.3) is 7.52 Å². The number of nitrogens with two attached hydrogens (primary N) is 1. The first-order valence-electron chi connectivity index (χ1n) is 11.3. The van der Waals surface area contributed by atoms with E-state index in [1.807, 2.05) is 0 Å². The van der Waals surface area contributed by atoms with Gasteiger partial charge in [-0.2, -0.15) is 0 Å². The Morgan fingerprint density at radius 2 is 1.89 bits per heavy atom. The predicted octanol–water partition coefficient (Wildman–Crippen LogP) is 2.25. The first kappa shape index (κ1) is 28.6. The van der Waals surface area contributed by atoms with E-state index in [2.05, 4.69) is 20.0 Å². The third kappa shape index (κ3) is 7.96. The summed E-state index contributed by atoms with van der Waals surface area (Å²) in [6, 6.07) is 0. The summed E-state index contributed by atoms with van der Waals surface area (Å²) in [5, 5.41) is 2.71. The Kier molecular flexibility index (Phi) is 9.73. The molecule has 14 heteroatoms. The van der Waals surface area contributed by atoms with E-state index >= 15 is 0 Å². The third-order valence-electron chi connectivity index (χ3n) is 4.66. The lowest BCUT2D eigenvalue weighted by Gasteiger charge is -2.31. The van der Waals surface area contributed by atoms with Crippen molar-refractivity contribution in [1.29, 1.82) is 0 Å². The van der Waals surface area contributed by atoms with Crippen LogP contribution in [0, 0.1) is 0 Å². The molecule has 2 aromatic heterocycles. The molecule has 13 nitrogen and oxygen atoms in total. The molecule has 0 aliphatic carbocycles. The van der Waals surface area contributed by atoms with Gasteiger partial charge in [-0.3, -0.25) is 9.36 Å². The predicted molar refractivity (Wildman–Crippen MR) is 128 cm³/mol. The largest absolute Gasteiger partial charge is 0.465 e. The van der Waals surface area contributed by atoms with Gasteiger partial charge < -0.3 is 29.0 Å². The van der Waals surface area contributed by atoms with Gasteiger partial charge in [-0.15, -0.1) is 0 Å². The molecule has 0 saturated heterocycles. The summed E-state index contributed by atoms with van der Waals surface area (Å²) >= 11 is 0. The van der Waals surface area contributed by atoms with Crippen LogP contribution in [-0.2, 0) is 39.4 Å². The highest BCUT2D eigenvalue weighted by Crippen LogP contribution is 2.46. The first-order valence-corrected chi connectivity index (χ1v) is 13.1. The second-order valence-electron chi connectivity index (χ2n) is 8.80. The number of fused-ring (bicyclic) bond motifs is 1. The lowest BCUT2D eigenvalue weighted by molar-refractivity contribution is -0.155. The number of imidazole rings is 1. The Morgan fingerprint density at radius 1 is 1.20 bits per heavy atom. The molecule has 0 aliphatic heterocycles. The Balaban J connectivity index is 2.17. The summed E-state index contributed by atoms with van der Waals surface area (Å²) in [5.41, 5.74) is 5.43. The summed E-state index contributed by atoms with van der Waals surface area (Å²) in [6.07, 6.45) is 0.423. The van der Waals surface area contributed by atoms with Crippen molar-refractivity contribution in [2.24, 2.45) is 0 Å². The topological polar surface area (TPSA) is 170 Å². The molecule has 0 amide bonds. The standard InChI is InChI=1S/C21H35N6O7P/c1-8-31-20(29)21(6,7)26-35(30,34-15(5)19(28)33-13(2)3)12-32-14(4)9-27-11-25-16-17(22)23-10-24-18(16)27/h10-11,13-15H,8-9,12H2,1-7H3,(H,26,30)(H2,22,23,24)/t14-,15+,35?/m1/s1. The van der Waals surface area contributed by atoms with E-state index in [-0.39, 0.29) is 18.5 Å². The Hall–Kier alpha value is -2.60. The second kappa shape index (κ2) is 11.9. The Labute approximate surface area is 204 Å². The van der Waals surface area contributed by atoms with Crippen LogP contribution in [0.15, 0.2) is 12.7 Å². The number of aromatic nitrogens is 4. The van der Waals surface area contributed by atoms with Crippen LogP contribution in [0.5, 0.6) is 0 Å². The van der Waals surface area contributed by atoms with Gasteiger partial charge in [0.05, 0.1) is 31.7 Å². The molecule has 1 unspecified atom stereocenters. The van der Waals surface area contributed by atoms with Crippen molar-refractivity contribution >= 4 is 36.4 Å². The summed E-state index contributed by atoms with van der Waals surface area (Å²) in [7, 11) is -3.92. The monoisotopic (exact) mass is 514 g/mol. The number of rotatable bonds is 13. The molecular weight excluding hydrogens is 479 g/mol. The summed E-state index contributed by atoms with van der Waals surface area (Å²) in [5.74, 6) is -1.06. The molecule has 2 aromatic rings. The van der Waals surface area contributed by atoms with E-state index in [1.54, 1.807) is 38.6 Å². The van der Waals surface area contributed by atoms with E-state index in [0.717, 1.165) is 0 Å². The van der Waals surface area contributed by atoms with Gasteiger partial charge >= 0.3 is 11.9 Å². The van der Waals surface area contributed by atoms with Crippen molar-refractivity contribution in [3.63, 3.8) is 0 Å². The Morgan fingerprint density at radius 3 is 2.51 bits per heavy atom. The van der Waals surface area contributed by atoms with Crippen molar-refractivity contribution in [1.82, 2.24) is 24.6 Å². The van der Waals surface area contributed by atoms with Crippen LogP contribution in [0.1, 0.15) is 48.5 Å². The van der Waals surface area contributed by atoms with Crippen LogP contribution in [0.4, 0.5) is 5.82 Å². The van der Waals surface area contributed by atoms with E-state index in [1.165, 1.54) is 27.1 Å². The number of esters is 2. The fourth-order valence-electron chi connectivity index (χ4n) is 3.09. The highest BCUT2D eigenvalue weighted by Gasteiger charge is 2.40. The highest BCUT2D eigenvalue weighted by molar-refractivity contribution is 7.56. The van der Waals surface area contributed by atoms with Gasteiger partial charge in [-0.1, -0.05) is 0 Å². The zero-order valence-electron chi connectivity index (χ0n) is 21.2. The van der Waals surface area contributed by atoms with Crippen LogP contribution < -0.4 is 10.8 Å². The number of nitrogen functional groups attached to an aromatic ring is 1. The highest BCUT2D eigenvalue weighted by atomic mass is 31.2. The molecule has 0 saturated carbocycles. The van der Waals surface area contributed by atoms with Gasteiger partial charge in [-0.05, 0) is 48.5 Å². The van der Waals surface area contributed by atoms with Crippen molar-refractivity contribution in [2.75, 3.05) is 18.7 Å². The number of anilines is 1. The smallest absolute Gasteiger partial charge is 0.335 e. The Bertz CT molecular complexity index is 1070. The average molecular weight is 515 g/mol. The van der Waals surface area contributed by atoms with Crippen LogP contribution >= 0.6 is 7.52 Å². The van der Waals surface area contributed by atoms with E-state index in [0.29, 0.717) is 17.7 Å². The van der Waals surface area contributed by atoms with E-state index in [9.17, 15) is 14.2 Å². The maximum atomic E-state index is 13.8. The van der Waals surface area contributed by atoms with Crippen molar-refractivity contribution in [3.8, 4) is 0 Å². The second-order valence-corrected chi connectivity index (χ2v) is 10.8. The maximum Gasteiger partial charge on any atom is 0.335 e. The molecule has 3 atom stereocenters. The van der Waals surface area contributed by atoms with Crippen LogP contribution in [0.25, 0.3) is 11.2 Å². The minimum absolute atomic E-state index is 0.146. The number of carbonyl (C=O) groups is 2. The van der Waals surface area contributed by atoms with Crippen molar-refractivity contribution in [2.45, 2.75) is 78.9 Å². The molecule has 0 radical (unpaired) electrons. The summed E-state index contributed by atoms with van der Waals surface area (Å²) < 4.78 is 37.1. The zero-order chi connectivity index (χ0) is 26.4. The number of nitrogens with one attached hydrogen (secondary N) is 1. The van der Waals surface area contributed by atoms with Gasteiger partial charge in [-0.25, -0.2) is 24.8 Å². The number of hydrogen-bond acceptors (Lipinski definition) is 11. The number of carbonyl (C=O) groups excluding carboxylic acids is 2. The molecule has 0 aliphatic rings. The summed E-state index contributed by atoms with van der Waals surface area (Å²) in [4.78, 5) is 37.0. The van der Waals surface area contributed by atoms with Gasteiger partial charge in [0.1, 0.15) is 23.7 Å². The van der Waals surface area contributed by atoms with Crippen molar-refractivity contribution in [3.05, 3.63) is 12.7 Å². The third-order valence-corrected chi connectivity index (χ3v) is 6.71. The first-order chi connectivity index (χ1) is 16.3. The minimum Gasteiger partial charge on any atom is -0.465 e. The van der Waals surface area contributed by atoms with Gasteiger partial charge in [0.15, 0.2) is 17.6 Å². The summed E-state index contributed by atoms with van der Waals surface area (Å²) in [6.45, 7) is 11.7. The van der Waals surface area contributed by atoms with Crippen LogP contribution in [0.3, 0.4) is 0 Å². The lowest BCUT2D eigenvalue weighted by atomic mass is 10.1. The van der Waals surface area contributed by atoms with E-state index < -0.39 is 43.6 Å². The fourth-order valence-corrected chi connectivity index (χ4v) is 5.25. The lowest BCUT2D eigenvalue weighted by Crippen LogP contribution is -2.47. The molecule has 196 valence electrons. The van der Waals surface area contributed by atoms with Gasteiger partial charge in [0.2, 0.25) is 0 Å². The SMILES string of the molecule is CCOC(=O)C(C)(C)NP(=O)(CO[C@H](C)Cn1cnc2c(N)ncnc21)O[C@@H](C)C(=O)OC(C)C. The van der Waals surface area contributed by atoms with Crippen molar-refractivity contribution < 1.29 is 32.9 Å². The molecule has 0 aromatic carbocycles. The molecule has 0 spiro atoms. The van der Waals surface area contributed by atoms with E-state index in [4.69, 9.17) is 24.5 Å². The molecule has 0 fully saturated rings. The molecule has 0 bridgehead atoms. The minimum atomic E-state index is -3.92. The number of nitrogens with zero attached hydrogens (tertiary/aromatic N) is 4. The zero-order valence-corrected chi connectivity index (χ0v) is 22.1. The number of hydrogen-bond donors (Lipinski definition) is 2. The van der Waals surface area contributed by atoms with Gasteiger partial charge in [0, 0.05) is 0 Å². The molecule has 3 N–H and O–H groups in total. The van der Waals surface area contributed by atoms with Crippen LogP contribution in [-0.4, -0.2) is 68.3 Å². The number of ether oxygens (including phenoxy) is 3. The molecule has 35 heavy (non-hydrogen) atoms.